The van der Waals surface area contributed by atoms with Gasteiger partial charge in [-0.05, 0) is 44.4 Å². The van der Waals surface area contributed by atoms with Crippen LogP contribution in [0, 0.1) is 13.8 Å². The highest BCUT2D eigenvalue weighted by Crippen LogP contribution is 2.14. The second kappa shape index (κ2) is 9.26. The van der Waals surface area contributed by atoms with E-state index in [2.05, 4.69) is 44.7 Å². The summed E-state index contributed by atoms with van der Waals surface area (Å²) in [7, 11) is 0. The van der Waals surface area contributed by atoms with Crippen molar-refractivity contribution in [1.82, 2.24) is 29.8 Å². The average Bonchev–Trinajstić information content (AvgIpc) is 3.10. The van der Waals surface area contributed by atoms with Crippen LogP contribution in [0.5, 0.6) is 0 Å². The molecule has 0 atom stereocenters. The molecule has 1 aromatic carbocycles. The van der Waals surface area contributed by atoms with Gasteiger partial charge < -0.3 is 5.32 Å². The first-order valence-electron chi connectivity index (χ1n) is 10.7. The number of rotatable bonds is 6. The van der Waals surface area contributed by atoms with Crippen LogP contribution in [0.25, 0.3) is 5.82 Å². The monoisotopic (exact) mass is 420 g/mol. The van der Waals surface area contributed by atoms with Gasteiger partial charge in [0.15, 0.2) is 5.82 Å². The lowest BCUT2D eigenvalue weighted by molar-refractivity contribution is -0.123. The molecule has 1 aliphatic rings. The van der Waals surface area contributed by atoms with Gasteiger partial charge in [-0.2, -0.15) is 5.10 Å². The third kappa shape index (κ3) is 5.27. The molecule has 162 valence electrons. The molecule has 2 aromatic heterocycles. The van der Waals surface area contributed by atoms with Gasteiger partial charge in [-0.15, -0.1) is 5.10 Å². The maximum atomic E-state index is 12.6. The molecule has 1 N–H and O–H groups in total. The molecule has 3 heterocycles. The minimum atomic E-state index is -0.307. The van der Waals surface area contributed by atoms with Gasteiger partial charge in [0.2, 0.25) is 5.91 Å². The molecule has 1 fully saturated rings. The molecule has 1 aliphatic heterocycles. The van der Waals surface area contributed by atoms with Gasteiger partial charge in [0.1, 0.15) is 6.54 Å². The number of amides is 1. The number of piperidine rings is 1. The zero-order valence-corrected chi connectivity index (χ0v) is 18.0. The Labute approximate surface area is 181 Å². The third-order valence-electron chi connectivity index (χ3n) is 5.57. The van der Waals surface area contributed by atoms with E-state index in [1.807, 2.05) is 26.0 Å². The molecule has 1 amide bonds. The molecule has 0 saturated carbocycles. The quantitative estimate of drug-likeness (QED) is 0.658. The Bertz CT molecular complexity index is 1100. The molecule has 0 unspecified atom stereocenters. The zero-order chi connectivity index (χ0) is 21.8. The van der Waals surface area contributed by atoms with E-state index in [4.69, 9.17) is 0 Å². The summed E-state index contributed by atoms with van der Waals surface area (Å²) in [4.78, 5) is 27.2. The standard InChI is InChI=1S/C23H28N6O2/c1-17-14-18(2)29(25-17)21-8-9-23(31)28(26-21)16-22(30)24-20-10-12-27(13-11-20)15-19-6-4-3-5-7-19/h3-9,14,20H,10-13,15-16H2,1-2H3,(H,24,30). The fourth-order valence-corrected chi connectivity index (χ4v) is 4.01. The minimum absolute atomic E-state index is 0.101. The normalized spacial score (nSPS) is 15.2. The number of carbonyl (C=O) groups excluding carboxylic acids is 1. The number of hydrogen-bond acceptors (Lipinski definition) is 5. The molecule has 8 heteroatoms. The van der Waals surface area contributed by atoms with Crippen LogP contribution in [-0.4, -0.2) is 49.5 Å². The highest BCUT2D eigenvalue weighted by molar-refractivity contribution is 5.75. The first-order valence-corrected chi connectivity index (χ1v) is 10.7. The summed E-state index contributed by atoms with van der Waals surface area (Å²) < 4.78 is 2.87. The summed E-state index contributed by atoms with van der Waals surface area (Å²) in [5.41, 5.74) is 2.78. The van der Waals surface area contributed by atoms with Crippen molar-refractivity contribution in [2.24, 2.45) is 0 Å². The van der Waals surface area contributed by atoms with Crippen LogP contribution in [0.4, 0.5) is 0 Å². The molecule has 0 aliphatic carbocycles. The lowest BCUT2D eigenvalue weighted by Crippen LogP contribution is -2.46. The number of hydrogen-bond donors (Lipinski definition) is 1. The van der Waals surface area contributed by atoms with Crippen LogP contribution >= 0.6 is 0 Å². The van der Waals surface area contributed by atoms with Crippen molar-refractivity contribution < 1.29 is 4.79 Å². The van der Waals surface area contributed by atoms with E-state index in [9.17, 15) is 9.59 Å². The van der Waals surface area contributed by atoms with Crippen LogP contribution < -0.4 is 10.9 Å². The second-order valence-electron chi connectivity index (χ2n) is 8.13. The third-order valence-corrected chi connectivity index (χ3v) is 5.57. The summed E-state index contributed by atoms with van der Waals surface area (Å²) >= 11 is 0. The van der Waals surface area contributed by atoms with Crippen LogP contribution in [0.1, 0.15) is 29.8 Å². The van der Waals surface area contributed by atoms with E-state index in [-0.39, 0.29) is 24.1 Å². The molecule has 1 saturated heterocycles. The van der Waals surface area contributed by atoms with Crippen LogP contribution in [0.3, 0.4) is 0 Å². The zero-order valence-electron chi connectivity index (χ0n) is 18.0. The fourth-order valence-electron chi connectivity index (χ4n) is 4.01. The van der Waals surface area contributed by atoms with E-state index in [1.54, 1.807) is 10.7 Å². The van der Waals surface area contributed by atoms with Crippen molar-refractivity contribution in [2.75, 3.05) is 13.1 Å². The Morgan fingerprint density at radius 1 is 1.06 bits per heavy atom. The maximum Gasteiger partial charge on any atom is 0.267 e. The van der Waals surface area contributed by atoms with Crippen molar-refractivity contribution in [1.29, 1.82) is 0 Å². The van der Waals surface area contributed by atoms with Crippen molar-refractivity contribution >= 4 is 5.91 Å². The Morgan fingerprint density at radius 2 is 1.81 bits per heavy atom. The molecular weight excluding hydrogens is 392 g/mol. The first kappa shape index (κ1) is 21.0. The van der Waals surface area contributed by atoms with Gasteiger partial charge in [-0.3, -0.25) is 14.5 Å². The average molecular weight is 421 g/mol. The lowest BCUT2D eigenvalue weighted by Gasteiger charge is -2.32. The lowest BCUT2D eigenvalue weighted by atomic mass is 10.0. The number of aryl methyl sites for hydroxylation is 2. The highest BCUT2D eigenvalue weighted by Gasteiger charge is 2.21. The fraction of sp³-hybridized carbons (Fsp3) is 0.391. The van der Waals surface area contributed by atoms with Gasteiger partial charge in [-0.1, -0.05) is 30.3 Å². The number of nitrogens with zero attached hydrogens (tertiary/aromatic N) is 5. The number of nitrogens with one attached hydrogen (secondary N) is 1. The van der Waals surface area contributed by atoms with Crippen LogP contribution in [0.2, 0.25) is 0 Å². The summed E-state index contributed by atoms with van der Waals surface area (Å²) in [6.45, 7) is 6.53. The Balaban J connectivity index is 1.33. The molecule has 8 nitrogen and oxygen atoms in total. The molecule has 0 radical (unpaired) electrons. The van der Waals surface area contributed by atoms with Crippen LogP contribution in [0.15, 0.2) is 53.3 Å². The SMILES string of the molecule is Cc1cc(C)n(-c2ccc(=O)n(CC(=O)NC3CCN(Cc4ccccc4)CC3)n2)n1. The minimum Gasteiger partial charge on any atom is -0.352 e. The smallest absolute Gasteiger partial charge is 0.267 e. The topological polar surface area (TPSA) is 85.0 Å². The van der Waals surface area contributed by atoms with Gasteiger partial charge >= 0.3 is 0 Å². The van der Waals surface area contributed by atoms with Crippen molar-refractivity contribution in [3.63, 3.8) is 0 Å². The van der Waals surface area contributed by atoms with E-state index in [0.29, 0.717) is 5.82 Å². The second-order valence-corrected chi connectivity index (χ2v) is 8.13. The van der Waals surface area contributed by atoms with E-state index in [1.165, 1.54) is 16.3 Å². The Hall–Kier alpha value is -3.26. The number of carbonyl (C=O) groups is 1. The molecular formula is C23H28N6O2. The summed E-state index contributed by atoms with van der Waals surface area (Å²) in [5, 5.41) is 11.8. The van der Waals surface area contributed by atoms with E-state index in [0.717, 1.165) is 43.9 Å². The highest BCUT2D eigenvalue weighted by atomic mass is 16.2. The molecule has 3 aromatic rings. The summed E-state index contributed by atoms with van der Waals surface area (Å²) in [6, 6.07) is 15.5. The van der Waals surface area contributed by atoms with E-state index >= 15 is 0 Å². The van der Waals surface area contributed by atoms with Crippen molar-refractivity contribution in [3.8, 4) is 5.82 Å². The predicted molar refractivity (Wildman–Crippen MR) is 118 cm³/mol. The predicted octanol–water partition coefficient (Wildman–Crippen LogP) is 1.83. The number of aromatic nitrogens is 4. The molecule has 31 heavy (non-hydrogen) atoms. The molecule has 0 bridgehead atoms. The van der Waals surface area contributed by atoms with Gasteiger partial charge in [0.25, 0.3) is 5.56 Å². The first-order chi connectivity index (χ1) is 15.0. The van der Waals surface area contributed by atoms with Gasteiger partial charge in [0, 0.05) is 37.4 Å². The number of benzene rings is 1. The van der Waals surface area contributed by atoms with E-state index < -0.39 is 0 Å². The summed E-state index contributed by atoms with van der Waals surface area (Å²) in [5.74, 6) is 0.328. The molecule has 0 spiro atoms. The molecule has 4 rings (SSSR count). The Kier molecular flexibility index (Phi) is 6.27. The van der Waals surface area contributed by atoms with Gasteiger partial charge in [-0.25, -0.2) is 9.36 Å². The Morgan fingerprint density at radius 3 is 2.48 bits per heavy atom. The van der Waals surface area contributed by atoms with Crippen LogP contribution in [-0.2, 0) is 17.9 Å². The largest absolute Gasteiger partial charge is 0.352 e. The summed E-state index contributed by atoms with van der Waals surface area (Å²) in [6.07, 6.45) is 1.79. The van der Waals surface area contributed by atoms with Gasteiger partial charge in [0.05, 0.1) is 5.69 Å². The maximum absolute atomic E-state index is 12.6. The number of likely N-dealkylation sites (tertiary alicyclic amines) is 1. The van der Waals surface area contributed by atoms with Crippen molar-refractivity contribution in [3.05, 3.63) is 75.8 Å². The van der Waals surface area contributed by atoms with Crippen molar-refractivity contribution in [2.45, 2.75) is 45.8 Å².